The third kappa shape index (κ3) is 2.86. The molecule has 0 spiro atoms. The van der Waals surface area contributed by atoms with E-state index < -0.39 is 0 Å². The predicted molar refractivity (Wildman–Crippen MR) is 63.3 cm³/mol. The third-order valence-corrected chi connectivity index (χ3v) is 3.35. The summed E-state index contributed by atoms with van der Waals surface area (Å²) in [6.45, 7) is 6.71. The van der Waals surface area contributed by atoms with E-state index in [1.807, 2.05) is 17.8 Å². The quantitative estimate of drug-likeness (QED) is 0.792. The minimum Gasteiger partial charge on any atom is -0.310 e. The van der Waals surface area contributed by atoms with Crippen LogP contribution in [0.25, 0.3) is 0 Å². The standard InChI is InChI=1S/C10H15N5S/c1-8-10(16-9(2)13-8)7-11-3-5-15-6-4-12-14-15/h4,6,11H,3,5,7H2,1-2H3. The highest BCUT2D eigenvalue weighted by molar-refractivity contribution is 7.11. The maximum absolute atomic E-state index is 4.39. The largest absolute Gasteiger partial charge is 0.310 e. The van der Waals surface area contributed by atoms with Crippen LogP contribution >= 0.6 is 11.3 Å². The average Bonchev–Trinajstić information content (AvgIpc) is 2.84. The van der Waals surface area contributed by atoms with Crippen molar-refractivity contribution in [3.63, 3.8) is 0 Å². The first kappa shape index (κ1) is 11.2. The van der Waals surface area contributed by atoms with Crippen LogP contribution in [0.4, 0.5) is 0 Å². The molecule has 0 saturated heterocycles. The molecule has 0 aliphatic rings. The molecule has 0 aliphatic heterocycles. The van der Waals surface area contributed by atoms with Gasteiger partial charge in [-0.15, -0.1) is 16.4 Å². The van der Waals surface area contributed by atoms with Crippen molar-refractivity contribution in [1.82, 2.24) is 25.3 Å². The van der Waals surface area contributed by atoms with Gasteiger partial charge in [0.15, 0.2) is 0 Å². The van der Waals surface area contributed by atoms with Gasteiger partial charge in [0.1, 0.15) is 0 Å². The zero-order valence-corrected chi connectivity index (χ0v) is 10.3. The van der Waals surface area contributed by atoms with Crippen molar-refractivity contribution in [3.05, 3.63) is 28.0 Å². The number of aromatic nitrogens is 4. The molecular weight excluding hydrogens is 222 g/mol. The van der Waals surface area contributed by atoms with Crippen LogP contribution in [0.1, 0.15) is 15.6 Å². The van der Waals surface area contributed by atoms with Crippen molar-refractivity contribution in [2.45, 2.75) is 26.9 Å². The molecule has 5 nitrogen and oxygen atoms in total. The molecule has 0 aromatic carbocycles. The highest BCUT2D eigenvalue weighted by Crippen LogP contribution is 2.16. The summed E-state index contributed by atoms with van der Waals surface area (Å²) in [6.07, 6.45) is 3.56. The Kier molecular flexibility index (Phi) is 3.63. The van der Waals surface area contributed by atoms with E-state index in [4.69, 9.17) is 0 Å². The lowest BCUT2D eigenvalue weighted by molar-refractivity contribution is 0.541. The topological polar surface area (TPSA) is 55.6 Å². The van der Waals surface area contributed by atoms with E-state index in [2.05, 4.69) is 27.5 Å². The molecule has 1 N–H and O–H groups in total. The first-order valence-corrected chi connectivity index (χ1v) is 6.05. The fourth-order valence-corrected chi connectivity index (χ4v) is 2.39. The van der Waals surface area contributed by atoms with E-state index in [9.17, 15) is 0 Å². The van der Waals surface area contributed by atoms with Crippen molar-refractivity contribution >= 4 is 11.3 Å². The van der Waals surface area contributed by atoms with Gasteiger partial charge >= 0.3 is 0 Å². The average molecular weight is 237 g/mol. The molecule has 0 aliphatic carbocycles. The minimum absolute atomic E-state index is 0.844. The van der Waals surface area contributed by atoms with Crippen LogP contribution in [-0.4, -0.2) is 26.5 Å². The predicted octanol–water partition coefficient (Wildman–Crippen LogP) is 1.14. The lowest BCUT2D eigenvalue weighted by atomic mass is 10.4. The number of thiazole rings is 1. The molecule has 0 atom stereocenters. The summed E-state index contributed by atoms with van der Waals surface area (Å²) in [5, 5.41) is 12.2. The molecule has 0 radical (unpaired) electrons. The Balaban J connectivity index is 1.74. The molecule has 2 aromatic heterocycles. The van der Waals surface area contributed by atoms with E-state index in [1.165, 1.54) is 4.88 Å². The second kappa shape index (κ2) is 5.18. The Morgan fingerprint density at radius 2 is 2.31 bits per heavy atom. The molecule has 2 heterocycles. The third-order valence-electron chi connectivity index (χ3n) is 2.27. The molecule has 0 saturated carbocycles. The summed E-state index contributed by atoms with van der Waals surface area (Å²) in [5.74, 6) is 0. The molecule has 16 heavy (non-hydrogen) atoms. The summed E-state index contributed by atoms with van der Waals surface area (Å²) in [5.41, 5.74) is 1.13. The fraction of sp³-hybridized carbons (Fsp3) is 0.500. The molecule has 2 rings (SSSR count). The van der Waals surface area contributed by atoms with Gasteiger partial charge in [-0.1, -0.05) is 5.21 Å². The highest BCUT2D eigenvalue weighted by atomic mass is 32.1. The monoisotopic (exact) mass is 237 g/mol. The first-order valence-electron chi connectivity index (χ1n) is 5.23. The summed E-state index contributed by atoms with van der Waals surface area (Å²) < 4.78 is 1.82. The molecular formula is C10H15N5S. The van der Waals surface area contributed by atoms with Gasteiger partial charge in [-0.25, -0.2) is 4.98 Å². The molecule has 0 bridgehead atoms. The summed E-state index contributed by atoms with van der Waals surface area (Å²) in [7, 11) is 0. The van der Waals surface area contributed by atoms with Gasteiger partial charge in [0.05, 0.1) is 23.4 Å². The van der Waals surface area contributed by atoms with E-state index in [-0.39, 0.29) is 0 Å². The molecule has 2 aromatic rings. The Bertz CT molecular complexity index is 434. The second-order valence-electron chi connectivity index (χ2n) is 3.58. The fourth-order valence-electron chi connectivity index (χ4n) is 1.49. The highest BCUT2D eigenvalue weighted by Gasteiger charge is 2.03. The Morgan fingerprint density at radius 3 is 2.94 bits per heavy atom. The van der Waals surface area contributed by atoms with E-state index in [0.717, 1.165) is 30.3 Å². The zero-order valence-electron chi connectivity index (χ0n) is 9.47. The van der Waals surface area contributed by atoms with E-state index in [1.54, 1.807) is 17.5 Å². The van der Waals surface area contributed by atoms with Crippen molar-refractivity contribution in [2.24, 2.45) is 0 Å². The van der Waals surface area contributed by atoms with Crippen molar-refractivity contribution in [2.75, 3.05) is 6.54 Å². The number of hydrogen-bond donors (Lipinski definition) is 1. The minimum atomic E-state index is 0.844. The Hall–Kier alpha value is -1.27. The van der Waals surface area contributed by atoms with Gasteiger partial charge in [-0.05, 0) is 13.8 Å². The van der Waals surface area contributed by atoms with Gasteiger partial charge in [-0.3, -0.25) is 4.68 Å². The van der Waals surface area contributed by atoms with Crippen LogP contribution in [0.15, 0.2) is 12.4 Å². The Morgan fingerprint density at radius 1 is 1.44 bits per heavy atom. The van der Waals surface area contributed by atoms with Crippen LogP contribution in [0.2, 0.25) is 0 Å². The maximum atomic E-state index is 4.39. The van der Waals surface area contributed by atoms with Crippen LogP contribution in [0.3, 0.4) is 0 Å². The van der Waals surface area contributed by atoms with Gasteiger partial charge in [0.25, 0.3) is 0 Å². The van der Waals surface area contributed by atoms with Crippen LogP contribution in [0, 0.1) is 13.8 Å². The normalized spacial score (nSPS) is 10.9. The first-order chi connectivity index (χ1) is 7.75. The summed E-state index contributed by atoms with van der Waals surface area (Å²) in [4.78, 5) is 5.71. The van der Waals surface area contributed by atoms with Crippen LogP contribution in [0.5, 0.6) is 0 Å². The maximum Gasteiger partial charge on any atom is 0.0900 e. The SMILES string of the molecule is Cc1nc(C)c(CNCCn2ccnn2)s1. The Labute approximate surface area is 98.5 Å². The summed E-state index contributed by atoms with van der Waals surface area (Å²) in [6, 6.07) is 0. The van der Waals surface area contributed by atoms with E-state index in [0.29, 0.717) is 0 Å². The lowest BCUT2D eigenvalue weighted by Gasteiger charge is -2.03. The molecule has 86 valence electrons. The van der Waals surface area contributed by atoms with Gasteiger partial charge in [-0.2, -0.15) is 0 Å². The van der Waals surface area contributed by atoms with Crippen molar-refractivity contribution in [3.8, 4) is 0 Å². The molecule has 0 amide bonds. The number of hydrogen-bond acceptors (Lipinski definition) is 5. The molecule has 0 fully saturated rings. The number of nitrogens with zero attached hydrogens (tertiary/aromatic N) is 4. The number of aryl methyl sites for hydroxylation is 2. The van der Waals surface area contributed by atoms with Crippen LogP contribution < -0.4 is 5.32 Å². The zero-order chi connectivity index (χ0) is 11.4. The second-order valence-corrected chi connectivity index (χ2v) is 4.87. The smallest absolute Gasteiger partial charge is 0.0900 e. The number of nitrogens with one attached hydrogen (secondary N) is 1. The molecule has 0 unspecified atom stereocenters. The van der Waals surface area contributed by atoms with Gasteiger partial charge < -0.3 is 5.32 Å². The van der Waals surface area contributed by atoms with Crippen molar-refractivity contribution in [1.29, 1.82) is 0 Å². The van der Waals surface area contributed by atoms with Crippen LogP contribution in [-0.2, 0) is 13.1 Å². The summed E-state index contributed by atoms with van der Waals surface area (Å²) >= 11 is 1.75. The van der Waals surface area contributed by atoms with E-state index >= 15 is 0 Å². The number of rotatable bonds is 5. The lowest BCUT2D eigenvalue weighted by Crippen LogP contribution is -2.19. The van der Waals surface area contributed by atoms with Gasteiger partial charge in [0, 0.05) is 24.2 Å². The molecule has 6 heteroatoms. The van der Waals surface area contributed by atoms with Gasteiger partial charge in [0.2, 0.25) is 0 Å². The van der Waals surface area contributed by atoms with Crippen molar-refractivity contribution < 1.29 is 0 Å².